The summed E-state index contributed by atoms with van der Waals surface area (Å²) in [6.07, 6.45) is 3.84. The molecule has 24 heavy (non-hydrogen) atoms. The molecule has 1 amide bonds. The summed E-state index contributed by atoms with van der Waals surface area (Å²) in [6, 6.07) is 7.68. The maximum Gasteiger partial charge on any atom is 0.228 e. The van der Waals surface area contributed by atoms with E-state index in [2.05, 4.69) is 15.6 Å². The van der Waals surface area contributed by atoms with Gasteiger partial charge in [0.15, 0.2) is 0 Å². The Morgan fingerprint density at radius 1 is 1.46 bits per heavy atom. The van der Waals surface area contributed by atoms with Crippen molar-refractivity contribution in [1.29, 1.82) is 0 Å². The molecule has 130 valence electrons. The van der Waals surface area contributed by atoms with E-state index in [0.29, 0.717) is 37.2 Å². The second-order valence-corrected chi connectivity index (χ2v) is 5.86. The van der Waals surface area contributed by atoms with Gasteiger partial charge in [-0.05, 0) is 11.6 Å². The molecule has 0 aliphatic carbocycles. The number of nitrogens with zero attached hydrogens (tertiary/aromatic N) is 2. The first-order valence-corrected chi connectivity index (χ1v) is 7.95. The van der Waals surface area contributed by atoms with Gasteiger partial charge in [0.05, 0.1) is 19.8 Å². The molecule has 0 bridgehead atoms. The van der Waals surface area contributed by atoms with Gasteiger partial charge in [-0.2, -0.15) is 0 Å². The number of ether oxygens (including phenoxy) is 1. The molecule has 1 aliphatic heterocycles. The number of amides is 1. The summed E-state index contributed by atoms with van der Waals surface area (Å²) >= 11 is 6.18. The van der Waals surface area contributed by atoms with E-state index >= 15 is 0 Å². The number of rotatable bonds is 5. The Morgan fingerprint density at radius 2 is 2.29 bits per heavy atom. The van der Waals surface area contributed by atoms with Crippen molar-refractivity contribution in [3.63, 3.8) is 0 Å². The zero-order valence-corrected chi connectivity index (χ0v) is 14.6. The molecule has 1 saturated heterocycles. The number of carbonyl (C=O) groups is 1. The monoisotopic (exact) mass is 370 g/mol. The van der Waals surface area contributed by atoms with Gasteiger partial charge in [0, 0.05) is 36.4 Å². The Bertz CT molecular complexity index is 672. The van der Waals surface area contributed by atoms with Gasteiger partial charge in [-0.15, -0.1) is 12.4 Å². The van der Waals surface area contributed by atoms with Crippen molar-refractivity contribution >= 4 is 35.9 Å². The van der Waals surface area contributed by atoms with Crippen LogP contribution in [0.25, 0.3) is 0 Å². The fraction of sp³-hybridized carbons (Fsp3) is 0.375. The molecular formula is C16H20Cl2N4O2. The highest BCUT2D eigenvalue weighted by molar-refractivity contribution is 6.31. The van der Waals surface area contributed by atoms with Gasteiger partial charge in [0.2, 0.25) is 11.9 Å². The molecule has 8 heteroatoms. The highest BCUT2D eigenvalue weighted by atomic mass is 35.5. The molecule has 0 radical (unpaired) electrons. The third kappa shape index (κ3) is 4.95. The molecule has 1 aromatic heterocycles. The summed E-state index contributed by atoms with van der Waals surface area (Å²) < 4.78 is 7.22. The van der Waals surface area contributed by atoms with E-state index in [-0.39, 0.29) is 24.4 Å². The van der Waals surface area contributed by atoms with Crippen LogP contribution in [0.2, 0.25) is 5.02 Å². The quantitative estimate of drug-likeness (QED) is 0.847. The second-order valence-electron chi connectivity index (χ2n) is 5.45. The average molecular weight is 371 g/mol. The fourth-order valence-electron chi connectivity index (χ4n) is 2.52. The van der Waals surface area contributed by atoms with Crippen LogP contribution in [0.4, 0.5) is 5.95 Å². The fourth-order valence-corrected chi connectivity index (χ4v) is 2.72. The summed E-state index contributed by atoms with van der Waals surface area (Å²) in [5.74, 6) is 0.436. The van der Waals surface area contributed by atoms with E-state index < -0.39 is 0 Å². The molecule has 1 aliphatic rings. The third-order valence-electron chi connectivity index (χ3n) is 3.70. The minimum Gasteiger partial charge on any atom is -0.378 e. The van der Waals surface area contributed by atoms with Gasteiger partial charge < -0.3 is 14.6 Å². The molecule has 0 saturated carbocycles. The van der Waals surface area contributed by atoms with Gasteiger partial charge in [-0.3, -0.25) is 10.1 Å². The van der Waals surface area contributed by atoms with Crippen molar-refractivity contribution in [3.8, 4) is 0 Å². The Labute approximate surface area is 152 Å². The molecular weight excluding hydrogens is 351 g/mol. The van der Waals surface area contributed by atoms with Crippen molar-refractivity contribution in [3.05, 3.63) is 47.2 Å². The first kappa shape index (κ1) is 18.7. The second kappa shape index (κ2) is 9.03. The molecule has 1 unspecified atom stereocenters. The molecule has 2 aromatic rings. The van der Waals surface area contributed by atoms with Crippen LogP contribution in [-0.4, -0.2) is 41.3 Å². The third-order valence-corrected chi connectivity index (χ3v) is 4.06. The van der Waals surface area contributed by atoms with Crippen molar-refractivity contribution in [2.45, 2.75) is 19.0 Å². The molecule has 1 atom stereocenters. The molecule has 0 spiro atoms. The van der Waals surface area contributed by atoms with E-state index in [4.69, 9.17) is 16.3 Å². The lowest BCUT2D eigenvalue weighted by molar-refractivity contribution is -0.117. The maximum absolute atomic E-state index is 12.2. The first-order valence-electron chi connectivity index (χ1n) is 7.58. The standard InChI is InChI=1S/C16H19ClN4O2.ClH/c17-14-4-2-1-3-12(14)10-21-7-5-19-16(21)20-15(22)9-13-11-23-8-6-18-13;/h1-5,7,13,18H,6,8-11H2,(H,19,20,22);1H. The highest BCUT2D eigenvalue weighted by Gasteiger charge is 2.18. The number of halogens is 2. The number of benzene rings is 1. The molecule has 2 N–H and O–H groups in total. The number of aromatic nitrogens is 2. The molecule has 1 fully saturated rings. The largest absolute Gasteiger partial charge is 0.378 e. The number of anilines is 1. The van der Waals surface area contributed by atoms with Crippen LogP contribution in [0.3, 0.4) is 0 Å². The van der Waals surface area contributed by atoms with E-state index in [1.165, 1.54) is 0 Å². The number of morpholine rings is 1. The van der Waals surface area contributed by atoms with Crippen molar-refractivity contribution in [2.75, 3.05) is 25.1 Å². The molecule has 3 rings (SSSR count). The molecule has 1 aromatic carbocycles. The SMILES string of the molecule is Cl.O=C(CC1COCCN1)Nc1nccn1Cc1ccccc1Cl. The van der Waals surface area contributed by atoms with E-state index in [1.54, 1.807) is 6.20 Å². The average Bonchev–Trinajstić information content (AvgIpc) is 2.97. The summed E-state index contributed by atoms with van der Waals surface area (Å²) in [7, 11) is 0. The predicted molar refractivity (Wildman–Crippen MR) is 95.9 cm³/mol. The van der Waals surface area contributed by atoms with Gasteiger partial charge in [0.1, 0.15) is 0 Å². The summed E-state index contributed by atoms with van der Waals surface area (Å²) in [4.78, 5) is 16.4. The van der Waals surface area contributed by atoms with Gasteiger partial charge in [-0.25, -0.2) is 4.98 Å². The van der Waals surface area contributed by atoms with E-state index in [9.17, 15) is 4.79 Å². The van der Waals surface area contributed by atoms with Crippen LogP contribution >= 0.6 is 24.0 Å². The summed E-state index contributed by atoms with van der Waals surface area (Å²) in [5.41, 5.74) is 0.977. The van der Waals surface area contributed by atoms with Crippen LogP contribution in [-0.2, 0) is 16.1 Å². The van der Waals surface area contributed by atoms with Crippen LogP contribution in [0.5, 0.6) is 0 Å². The van der Waals surface area contributed by atoms with Crippen molar-refractivity contribution < 1.29 is 9.53 Å². The zero-order valence-electron chi connectivity index (χ0n) is 13.1. The van der Waals surface area contributed by atoms with Crippen LogP contribution in [0.15, 0.2) is 36.7 Å². The summed E-state index contributed by atoms with van der Waals surface area (Å²) in [6.45, 7) is 2.58. The number of imidazole rings is 1. The zero-order chi connectivity index (χ0) is 16.1. The first-order chi connectivity index (χ1) is 11.2. The van der Waals surface area contributed by atoms with Crippen LogP contribution in [0.1, 0.15) is 12.0 Å². The predicted octanol–water partition coefficient (Wildman–Crippen LogP) is 2.32. The van der Waals surface area contributed by atoms with E-state index in [1.807, 2.05) is 35.0 Å². The molecule has 6 nitrogen and oxygen atoms in total. The Kier molecular flexibility index (Phi) is 7.05. The Hall–Kier alpha value is -1.60. The van der Waals surface area contributed by atoms with Gasteiger partial charge >= 0.3 is 0 Å². The minimum absolute atomic E-state index is 0. The van der Waals surface area contributed by atoms with Crippen molar-refractivity contribution in [2.24, 2.45) is 0 Å². The number of carbonyl (C=O) groups excluding carboxylic acids is 1. The Balaban J connectivity index is 0.00000208. The number of nitrogens with one attached hydrogen (secondary N) is 2. The lowest BCUT2D eigenvalue weighted by Gasteiger charge is -2.23. The van der Waals surface area contributed by atoms with Crippen LogP contribution < -0.4 is 10.6 Å². The van der Waals surface area contributed by atoms with Gasteiger partial charge in [-0.1, -0.05) is 29.8 Å². The summed E-state index contributed by atoms with van der Waals surface area (Å²) in [5, 5.41) is 6.81. The normalized spacial score (nSPS) is 17.1. The lowest BCUT2D eigenvalue weighted by atomic mass is 10.2. The lowest BCUT2D eigenvalue weighted by Crippen LogP contribution is -2.43. The van der Waals surface area contributed by atoms with E-state index in [0.717, 1.165) is 12.1 Å². The van der Waals surface area contributed by atoms with Crippen LogP contribution in [0, 0.1) is 0 Å². The van der Waals surface area contributed by atoms with Gasteiger partial charge in [0.25, 0.3) is 0 Å². The Morgan fingerprint density at radius 3 is 3.04 bits per heavy atom. The highest BCUT2D eigenvalue weighted by Crippen LogP contribution is 2.18. The number of hydrogen-bond acceptors (Lipinski definition) is 4. The van der Waals surface area contributed by atoms with Crippen molar-refractivity contribution in [1.82, 2.24) is 14.9 Å². The maximum atomic E-state index is 12.2. The molecule has 2 heterocycles. The topological polar surface area (TPSA) is 68.2 Å². The number of hydrogen-bond donors (Lipinski definition) is 2. The smallest absolute Gasteiger partial charge is 0.228 e. The minimum atomic E-state index is -0.0837.